The second kappa shape index (κ2) is 8.52. The van der Waals surface area contributed by atoms with Crippen molar-refractivity contribution < 1.29 is 13.2 Å². The summed E-state index contributed by atoms with van der Waals surface area (Å²) in [5.74, 6) is 2.40. The molecule has 0 aromatic rings. The SMILES string of the molecule is CCCS(=O)(=O)N1CCC(NC(=O)CC2CSCCN2)CC1. The van der Waals surface area contributed by atoms with Gasteiger partial charge in [0.2, 0.25) is 15.9 Å². The highest BCUT2D eigenvalue weighted by Gasteiger charge is 2.28. The highest BCUT2D eigenvalue weighted by Crippen LogP contribution is 2.16. The Morgan fingerprint density at radius 3 is 2.68 bits per heavy atom. The van der Waals surface area contributed by atoms with E-state index in [1.165, 1.54) is 0 Å². The van der Waals surface area contributed by atoms with Crippen LogP contribution in [0.1, 0.15) is 32.6 Å². The summed E-state index contributed by atoms with van der Waals surface area (Å²) in [5.41, 5.74) is 0. The molecule has 2 aliphatic heterocycles. The van der Waals surface area contributed by atoms with Gasteiger partial charge < -0.3 is 10.6 Å². The van der Waals surface area contributed by atoms with Crippen molar-refractivity contribution in [3.8, 4) is 0 Å². The normalized spacial score (nSPS) is 25.0. The van der Waals surface area contributed by atoms with Crippen molar-refractivity contribution in [3.63, 3.8) is 0 Å². The van der Waals surface area contributed by atoms with Crippen LogP contribution in [0.3, 0.4) is 0 Å². The van der Waals surface area contributed by atoms with E-state index in [2.05, 4.69) is 10.6 Å². The average Bonchev–Trinajstić information content (AvgIpc) is 2.48. The lowest BCUT2D eigenvalue weighted by Gasteiger charge is -2.32. The minimum atomic E-state index is -3.10. The van der Waals surface area contributed by atoms with Gasteiger partial charge in [-0.3, -0.25) is 4.79 Å². The minimum Gasteiger partial charge on any atom is -0.353 e. The minimum absolute atomic E-state index is 0.0786. The van der Waals surface area contributed by atoms with E-state index in [0.29, 0.717) is 38.8 Å². The van der Waals surface area contributed by atoms with Gasteiger partial charge in [0.05, 0.1) is 5.75 Å². The average molecular weight is 350 g/mol. The topological polar surface area (TPSA) is 78.5 Å². The first-order valence-corrected chi connectivity index (χ1v) is 10.9. The molecule has 2 saturated heterocycles. The molecule has 0 bridgehead atoms. The van der Waals surface area contributed by atoms with Crippen LogP contribution in [0.2, 0.25) is 0 Å². The molecule has 22 heavy (non-hydrogen) atoms. The van der Waals surface area contributed by atoms with Gasteiger partial charge in [-0.1, -0.05) is 6.92 Å². The summed E-state index contributed by atoms with van der Waals surface area (Å²) in [6.45, 7) is 3.88. The lowest BCUT2D eigenvalue weighted by molar-refractivity contribution is -0.122. The van der Waals surface area contributed by atoms with Gasteiger partial charge in [0.1, 0.15) is 0 Å². The number of nitrogens with zero attached hydrogens (tertiary/aromatic N) is 1. The van der Waals surface area contributed by atoms with Gasteiger partial charge in [-0.25, -0.2) is 12.7 Å². The van der Waals surface area contributed by atoms with Gasteiger partial charge in [0.15, 0.2) is 0 Å². The summed E-state index contributed by atoms with van der Waals surface area (Å²) in [7, 11) is -3.10. The van der Waals surface area contributed by atoms with Crippen LogP contribution in [0.25, 0.3) is 0 Å². The first-order valence-electron chi connectivity index (χ1n) is 8.09. The Morgan fingerprint density at radius 2 is 2.09 bits per heavy atom. The molecular formula is C14H27N3O3S2. The maximum Gasteiger partial charge on any atom is 0.221 e. The van der Waals surface area contributed by atoms with Gasteiger partial charge in [-0.05, 0) is 19.3 Å². The van der Waals surface area contributed by atoms with Gasteiger partial charge in [0.25, 0.3) is 0 Å². The van der Waals surface area contributed by atoms with Gasteiger partial charge in [0, 0.05) is 49.6 Å². The Bertz CT molecular complexity index is 456. The summed E-state index contributed by atoms with van der Waals surface area (Å²) in [4.78, 5) is 12.1. The first-order chi connectivity index (χ1) is 10.5. The molecule has 0 aliphatic carbocycles. The number of hydrogen-bond donors (Lipinski definition) is 2. The zero-order chi connectivity index (χ0) is 16.0. The van der Waals surface area contributed by atoms with Crippen molar-refractivity contribution in [2.45, 2.75) is 44.7 Å². The molecule has 1 atom stereocenters. The molecule has 0 saturated carbocycles. The quantitative estimate of drug-likeness (QED) is 0.726. The maximum atomic E-state index is 12.1. The zero-order valence-corrected chi connectivity index (χ0v) is 14.8. The van der Waals surface area contributed by atoms with Gasteiger partial charge >= 0.3 is 0 Å². The highest BCUT2D eigenvalue weighted by molar-refractivity contribution is 7.99. The van der Waals surface area contributed by atoms with Crippen LogP contribution in [0.15, 0.2) is 0 Å². The number of piperidine rings is 1. The lowest BCUT2D eigenvalue weighted by Crippen LogP contribution is -2.48. The van der Waals surface area contributed by atoms with E-state index in [9.17, 15) is 13.2 Å². The molecule has 128 valence electrons. The summed E-state index contributed by atoms with van der Waals surface area (Å²) in [6, 6.07) is 0.376. The van der Waals surface area contributed by atoms with Crippen molar-refractivity contribution in [1.82, 2.24) is 14.9 Å². The predicted molar refractivity (Wildman–Crippen MR) is 90.5 cm³/mol. The molecule has 2 rings (SSSR count). The van der Waals surface area contributed by atoms with E-state index in [-0.39, 0.29) is 23.7 Å². The van der Waals surface area contributed by atoms with Crippen LogP contribution in [-0.2, 0) is 14.8 Å². The van der Waals surface area contributed by atoms with Gasteiger partial charge in [-0.2, -0.15) is 11.8 Å². The first kappa shape index (κ1) is 18.0. The third kappa shape index (κ3) is 5.40. The molecule has 2 fully saturated rings. The highest BCUT2D eigenvalue weighted by atomic mass is 32.2. The van der Waals surface area contributed by atoms with Gasteiger partial charge in [-0.15, -0.1) is 0 Å². The molecule has 2 aliphatic rings. The van der Waals surface area contributed by atoms with E-state index >= 15 is 0 Å². The standard InChI is InChI=1S/C14H27N3O3S2/c1-2-9-22(19,20)17-6-3-12(4-7-17)16-14(18)10-13-11-21-8-5-15-13/h12-13,15H,2-11H2,1H3,(H,16,18). The predicted octanol–water partition coefficient (Wildman–Crippen LogP) is 0.402. The van der Waals surface area contributed by atoms with E-state index in [1.807, 2.05) is 18.7 Å². The Morgan fingerprint density at radius 1 is 1.36 bits per heavy atom. The molecule has 0 spiro atoms. The third-order valence-corrected chi connectivity index (χ3v) is 7.31. The molecule has 6 nitrogen and oxygen atoms in total. The Labute approximate surface area is 137 Å². The second-order valence-electron chi connectivity index (χ2n) is 5.99. The molecule has 0 aromatic carbocycles. The number of hydrogen-bond acceptors (Lipinski definition) is 5. The Balaban J connectivity index is 1.71. The monoisotopic (exact) mass is 349 g/mol. The molecular weight excluding hydrogens is 322 g/mol. The number of nitrogens with one attached hydrogen (secondary N) is 2. The molecule has 0 radical (unpaired) electrons. The fraction of sp³-hybridized carbons (Fsp3) is 0.929. The lowest BCUT2D eigenvalue weighted by atomic mass is 10.1. The van der Waals surface area contributed by atoms with Crippen LogP contribution in [-0.4, -0.2) is 67.6 Å². The number of amides is 1. The number of rotatable bonds is 6. The zero-order valence-electron chi connectivity index (χ0n) is 13.2. The van der Waals surface area contributed by atoms with E-state index in [4.69, 9.17) is 0 Å². The molecule has 1 amide bonds. The van der Waals surface area contributed by atoms with Crippen LogP contribution in [0.5, 0.6) is 0 Å². The van der Waals surface area contributed by atoms with Crippen molar-refractivity contribution >= 4 is 27.7 Å². The van der Waals surface area contributed by atoms with Crippen LogP contribution in [0.4, 0.5) is 0 Å². The van der Waals surface area contributed by atoms with Crippen molar-refractivity contribution in [2.24, 2.45) is 0 Å². The van der Waals surface area contributed by atoms with Crippen LogP contribution in [0, 0.1) is 0 Å². The molecule has 2 N–H and O–H groups in total. The molecule has 1 unspecified atom stereocenters. The summed E-state index contributed by atoms with van der Waals surface area (Å²) >= 11 is 1.88. The smallest absolute Gasteiger partial charge is 0.221 e. The van der Waals surface area contributed by atoms with E-state index in [1.54, 1.807) is 4.31 Å². The summed E-state index contributed by atoms with van der Waals surface area (Å²) < 4.78 is 25.6. The number of sulfonamides is 1. The Kier molecular flexibility index (Phi) is 6.98. The fourth-order valence-electron chi connectivity index (χ4n) is 2.93. The number of thioether (sulfide) groups is 1. The fourth-order valence-corrected chi connectivity index (χ4v) is 5.42. The number of carbonyl (C=O) groups is 1. The molecule has 0 aromatic heterocycles. The van der Waals surface area contributed by atoms with Crippen molar-refractivity contribution in [3.05, 3.63) is 0 Å². The van der Waals surface area contributed by atoms with Crippen molar-refractivity contribution in [2.75, 3.05) is 36.9 Å². The van der Waals surface area contributed by atoms with E-state index < -0.39 is 10.0 Å². The van der Waals surface area contributed by atoms with Crippen molar-refractivity contribution in [1.29, 1.82) is 0 Å². The Hall–Kier alpha value is -0.310. The maximum absolute atomic E-state index is 12.1. The largest absolute Gasteiger partial charge is 0.353 e. The van der Waals surface area contributed by atoms with E-state index in [0.717, 1.165) is 18.1 Å². The summed E-state index contributed by atoms with van der Waals surface area (Å²) in [5, 5.41) is 6.42. The van der Waals surface area contributed by atoms with Crippen LogP contribution < -0.4 is 10.6 Å². The van der Waals surface area contributed by atoms with Crippen LogP contribution >= 0.6 is 11.8 Å². The third-order valence-electron chi connectivity index (χ3n) is 4.10. The summed E-state index contributed by atoms with van der Waals surface area (Å²) in [6.07, 6.45) is 2.58. The molecule has 8 heteroatoms. The molecule has 2 heterocycles. The second-order valence-corrected chi connectivity index (χ2v) is 9.23. The number of carbonyl (C=O) groups excluding carboxylic acids is 1.